The van der Waals surface area contributed by atoms with Crippen molar-refractivity contribution in [3.63, 3.8) is 0 Å². The maximum absolute atomic E-state index is 13.9. The molecule has 0 aliphatic carbocycles. The minimum absolute atomic E-state index is 0.0376. The first-order valence-corrected chi connectivity index (χ1v) is 12.3. The van der Waals surface area contributed by atoms with Crippen molar-refractivity contribution in [1.29, 1.82) is 0 Å². The van der Waals surface area contributed by atoms with Crippen LogP contribution in [0.15, 0.2) is 42.5 Å². The van der Waals surface area contributed by atoms with Crippen LogP contribution in [0.5, 0.6) is 6.01 Å². The predicted molar refractivity (Wildman–Crippen MR) is 132 cm³/mol. The summed E-state index contributed by atoms with van der Waals surface area (Å²) < 4.78 is 86.6. The Hall–Kier alpha value is -3.32. The number of alkyl halides is 6. The van der Waals surface area contributed by atoms with Crippen LogP contribution in [0.3, 0.4) is 0 Å². The zero-order valence-electron chi connectivity index (χ0n) is 21.4. The number of fused-ring (bicyclic) bond motifs is 1. The van der Waals surface area contributed by atoms with E-state index in [1.54, 1.807) is 37.1 Å². The molecule has 7 nitrogen and oxygen atoms in total. The fourth-order valence-corrected chi connectivity index (χ4v) is 4.85. The monoisotopic (exact) mass is 558 g/mol. The molecule has 2 unspecified atom stereocenters. The molecule has 0 radical (unpaired) electrons. The molecule has 1 aromatic heterocycles. The third kappa shape index (κ3) is 5.98. The molecule has 4 rings (SSSR count). The van der Waals surface area contributed by atoms with E-state index >= 15 is 0 Å². The molecule has 1 aliphatic heterocycles. The number of ether oxygens (including phenoxy) is 1. The summed E-state index contributed by atoms with van der Waals surface area (Å²) in [4.78, 5) is 19.3. The highest BCUT2D eigenvalue weighted by Crippen LogP contribution is 2.40. The molecule has 0 amide bonds. The largest absolute Gasteiger partial charge is 0.491 e. The van der Waals surface area contributed by atoms with E-state index in [9.17, 15) is 36.2 Å². The topological polar surface area (TPSA) is 70.8 Å². The summed E-state index contributed by atoms with van der Waals surface area (Å²) >= 11 is 0. The minimum Gasteiger partial charge on any atom is -0.393 e. The smallest absolute Gasteiger partial charge is 0.393 e. The summed E-state index contributed by atoms with van der Waals surface area (Å²) in [6.45, 7) is 4.72. The van der Waals surface area contributed by atoms with E-state index < -0.39 is 42.2 Å². The molecule has 0 bridgehead atoms. The summed E-state index contributed by atoms with van der Waals surface area (Å²) in [7, 11) is 1.59. The van der Waals surface area contributed by atoms with Crippen molar-refractivity contribution in [2.45, 2.75) is 51.3 Å². The molecule has 2 heterocycles. The number of aliphatic hydroxyl groups excluding tert-OH is 1. The molecule has 2 atom stereocenters. The van der Waals surface area contributed by atoms with Crippen molar-refractivity contribution in [2.75, 3.05) is 25.0 Å². The van der Waals surface area contributed by atoms with Crippen molar-refractivity contribution in [3.8, 4) is 11.7 Å². The van der Waals surface area contributed by atoms with E-state index in [4.69, 9.17) is 0 Å². The van der Waals surface area contributed by atoms with Gasteiger partial charge in [0.25, 0.3) is 0 Å². The number of aromatic nitrogens is 2. The number of aliphatic hydroxyl groups is 1. The molecule has 1 N–H and O–H groups in total. The van der Waals surface area contributed by atoms with Crippen LogP contribution >= 0.6 is 0 Å². The number of benzene rings is 2. The van der Waals surface area contributed by atoms with Crippen LogP contribution in [0, 0.1) is 5.92 Å². The Labute approximate surface area is 220 Å². The summed E-state index contributed by atoms with van der Waals surface area (Å²) in [5.41, 5.74) is -1.02. The highest BCUT2D eigenvalue weighted by Gasteiger charge is 2.43. The number of carbonyl (C=O) groups is 1. The van der Waals surface area contributed by atoms with Crippen molar-refractivity contribution < 1.29 is 41.0 Å². The predicted octanol–water partition coefficient (Wildman–Crippen LogP) is 5.39. The Balaban J connectivity index is 1.87. The number of hydrogen-bond acceptors (Lipinski definition) is 6. The summed E-state index contributed by atoms with van der Waals surface area (Å²) in [5.74, 6) is -2.43. The zero-order valence-corrected chi connectivity index (χ0v) is 21.4. The summed E-state index contributed by atoms with van der Waals surface area (Å²) in [6.07, 6.45) is -9.61. The Morgan fingerprint density at radius 3 is 2.23 bits per heavy atom. The average Bonchev–Trinajstić information content (AvgIpc) is 3.24. The number of likely N-dealkylation sites (tertiary alicyclic amines) is 1. The van der Waals surface area contributed by atoms with Crippen molar-refractivity contribution in [2.24, 2.45) is 5.92 Å². The average molecular weight is 559 g/mol. The third-order valence-electron chi connectivity index (χ3n) is 7.18. The van der Waals surface area contributed by atoms with E-state index in [-0.39, 0.29) is 28.3 Å². The number of piperidine rings is 1. The van der Waals surface area contributed by atoms with E-state index in [1.807, 2.05) is 6.92 Å². The Morgan fingerprint density at radius 2 is 1.69 bits per heavy atom. The van der Waals surface area contributed by atoms with E-state index in [0.717, 1.165) is 16.7 Å². The van der Waals surface area contributed by atoms with Gasteiger partial charge in [0.2, 0.25) is 0 Å². The maximum Gasteiger partial charge on any atom is 0.491 e. The van der Waals surface area contributed by atoms with Gasteiger partial charge in [-0.3, -0.25) is 9.47 Å². The van der Waals surface area contributed by atoms with Gasteiger partial charge in [-0.05, 0) is 56.9 Å². The molecule has 13 heteroatoms. The van der Waals surface area contributed by atoms with Gasteiger partial charge in [0.15, 0.2) is 0 Å². The standard InChI is InChI=1S/C26H28F6N4O3/c1-15(37)17-9-11-35(12-10-17)16(2)34(3)21-14-18(25(27,28)29)13-20-22(21)36(19-7-5-4-6-8-19)24(33-20)39-23(38)26(30,31)32/h4-8,13-17,37H,9-12H2,1-3H3. The first-order valence-electron chi connectivity index (χ1n) is 12.3. The molecule has 0 saturated carbocycles. The Kier molecular flexibility index (Phi) is 7.86. The van der Waals surface area contributed by atoms with Crippen LogP contribution in [0.4, 0.5) is 32.0 Å². The lowest BCUT2D eigenvalue weighted by Gasteiger charge is -2.41. The molecule has 1 fully saturated rings. The highest BCUT2D eigenvalue weighted by atomic mass is 19.4. The van der Waals surface area contributed by atoms with Gasteiger partial charge in [-0.1, -0.05) is 18.2 Å². The Morgan fingerprint density at radius 1 is 1.08 bits per heavy atom. The van der Waals surface area contributed by atoms with E-state index in [2.05, 4.69) is 14.6 Å². The van der Waals surface area contributed by atoms with Gasteiger partial charge in [-0.2, -0.15) is 31.3 Å². The van der Waals surface area contributed by atoms with Gasteiger partial charge in [-0.25, -0.2) is 4.79 Å². The fourth-order valence-electron chi connectivity index (χ4n) is 4.85. The van der Waals surface area contributed by atoms with Crippen LogP contribution in [0.2, 0.25) is 0 Å². The second-order valence-corrected chi connectivity index (χ2v) is 9.67. The highest BCUT2D eigenvalue weighted by molar-refractivity contribution is 5.93. The zero-order chi connectivity index (χ0) is 28.7. The molecular formula is C26H28F6N4O3. The summed E-state index contributed by atoms with van der Waals surface area (Å²) in [5, 5.41) is 9.92. The molecule has 39 heavy (non-hydrogen) atoms. The second kappa shape index (κ2) is 10.7. The number of para-hydroxylation sites is 1. The number of carbonyl (C=O) groups excluding carboxylic acids is 1. The first-order chi connectivity index (χ1) is 18.2. The van der Waals surface area contributed by atoms with Crippen LogP contribution in [0.25, 0.3) is 16.7 Å². The molecule has 212 valence electrons. The number of nitrogens with zero attached hydrogens (tertiary/aromatic N) is 4. The number of esters is 1. The van der Waals surface area contributed by atoms with Crippen LogP contribution < -0.4 is 9.64 Å². The first kappa shape index (κ1) is 28.7. The lowest BCUT2D eigenvalue weighted by molar-refractivity contribution is -0.190. The van der Waals surface area contributed by atoms with Gasteiger partial charge in [0.1, 0.15) is 0 Å². The van der Waals surface area contributed by atoms with Gasteiger partial charge < -0.3 is 14.7 Å². The second-order valence-electron chi connectivity index (χ2n) is 9.67. The van der Waals surface area contributed by atoms with Crippen LogP contribution in [0.1, 0.15) is 32.3 Å². The summed E-state index contributed by atoms with van der Waals surface area (Å²) in [6, 6.07) is 8.66. The SMILES string of the molecule is CC(O)C1CCN(C(C)N(C)c2cc(C(F)(F)F)cc3nc(OC(=O)C(F)(F)F)n(-c4ccccc4)c23)CC1. The van der Waals surface area contributed by atoms with Gasteiger partial charge in [-0.15, -0.1) is 0 Å². The molecule has 1 saturated heterocycles. The molecule has 2 aromatic carbocycles. The fraction of sp³-hybridized carbons (Fsp3) is 0.462. The number of halogens is 6. The Bertz CT molecular complexity index is 1320. The van der Waals surface area contributed by atoms with Crippen molar-refractivity contribution in [3.05, 3.63) is 48.0 Å². The quantitative estimate of drug-likeness (QED) is 0.323. The third-order valence-corrected chi connectivity index (χ3v) is 7.18. The van der Waals surface area contributed by atoms with Gasteiger partial charge >= 0.3 is 24.3 Å². The van der Waals surface area contributed by atoms with Crippen molar-refractivity contribution >= 4 is 22.7 Å². The minimum atomic E-state index is -5.34. The van der Waals surface area contributed by atoms with E-state index in [1.165, 1.54) is 12.1 Å². The lowest BCUT2D eigenvalue weighted by Crippen LogP contribution is -2.49. The lowest BCUT2D eigenvalue weighted by atomic mass is 9.92. The van der Waals surface area contributed by atoms with Crippen LogP contribution in [-0.2, 0) is 11.0 Å². The van der Waals surface area contributed by atoms with Gasteiger partial charge in [0.05, 0.1) is 40.2 Å². The number of imidazole rings is 1. The number of rotatable bonds is 6. The number of anilines is 1. The maximum atomic E-state index is 13.9. The molecule has 1 aliphatic rings. The molecule has 3 aromatic rings. The normalized spacial score (nSPS) is 17.3. The molecule has 0 spiro atoms. The van der Waals surface area contributed by atoms with E-state index in [0.29, 0.717) is 25.9 Å². The van der Waals surface area contributed by atoms with Crippen LogP contribution in [-0.4, -0.2) is 64.1 Å². The van der Waals surface area contributed by atoms with Crippen molar-refractivity contribution in [1.82, 2.24) is 14.5 Å². The number of hydrogen-bond donors (Lipinski definition) is 1. The molecular weight excluding hydrogens is 530 g/mol. The van der Waals surface area contributed by atoms with Gasteiger partial charge in [0, 0.05) is 20.1 Å².